The SMILES string of the molecule is O=C(O)CNC(=O)Cc1ccccc1OC1CCCC1. The molecule has 1 saturated carbocycles. The standard InChI is InChI=1S/C15H19NO4/c17-14(16-10-15(18)19)9-11-5-1-4-8-13(11)20-12-6-2-3-7-12/h1,4-5,8,12H,2-3,6-7,9-10H2,(H,16,17)(H,18,19). The third-order valence-corrected chi connectivity index (χ3v) is 3.36. The van der Waals surface area contributed by atoms with Crippen molar-refractivity contribution < 1.29 is 19.4 Å². The number of amides is 1. The molecule has 20 heavy (non-hydrogen) atoms. The fourth-order valence-electron chi connectivity index (χ4n) is 2.36. The molecule has 0 radical (unpaired) electrons. The molecule has 0 saturated heterocycles. The molecule has 0 spiro atoms. The molecule has 0 aromatic heterocycles. The van der Waals surface area contributed by atoms with Gasteiger partial charge in [0.05, 0.1) is 12.5 Å². The molecular weight excluding hydrogens is 258 g/mol. The maximum atomic E-state index is 11.7. The number of carbonyl (C=O) groups is 2. The monoisotopic (exact) mass is 277 g/mol. The van der Waals surface area contributed by atoms with Crippen LogP contribution in [0.25, 0.3) is 0 Å². The summed E-state index contributed by atoms with van der Waals surface area (Å²) in [5.74, 6) is -0.631. The van der Waals surface area contributed by atoms with Crippen LogP contribution >= 0.6 is 0 Å². The van der Waals surface area contributed by atoms with Crippen LogP contribution in [0.1, 0.15) is 31.2 Å². The Morgan fingerprint density at radius 1 is 1.25 bits per heavy atom. The molecule has 0 unspecified atom stereocenters. The van der Waals surface area contributed by atoms with Gasteiger partial charge in [0.2, 0.25) is 5.91 Å². The molecule has 0 heterocycles. The van der Waals surface area contributed by atoms with E-state index in [4.69, 9.17) is 9.84 Å². The lowest BCUT2D eigenvalue weighted by atomic mass is 10.1. The first-order valence-corrected chi connectivity index (χ1v) is 6.88. The highest BCUT2D eigenvalue weighted by Crippen LogP contribution is 2.26. The van der Waals surface area contributed by atoms with Gasteiger partial charge in [-0.1, -0.05) is 18.2 Å². The van der Waals surface area contributed by atoms with Crippen molar-refractivity contribution in [2.75, 3.05) is 6.54 Å². The molecule has 108 valence electrons. The van der Waals surface area contributed by atoms with E-state index in [1.165, 1.54) is 12.8 Å². The number of carbonyl (C=O) groups excluding carboxylic acids is 1. The van der Waals surface area contributed by atoms with Crippen LogP contribution in [0.2, 0.25) is 0 Å². The maximum Gasteiger partial charge on any atom is 0.322 e. The Hall–Kier alpha value is -2.04. The van der Waals surface area contributed by atoms with Crippen LogP contribution in [-0.4, -0.2) is 29.6 Å². The molecular formula is C15H19NO4. The first kappa shape index (κ1) is 14.4. The number of benzene rings is 1. The second-order valence-corrected chi connectivity index (χ2v) is 4.98. The predicted octanol–water partition coefficient (Wildman–Crippen LogP) is 1.75. The van der Waals surface area contributed by atoms with E-state index in [0.717, 1.165) is 24.2 Å². The maximum absolute atomic E-state index is 11.7. The van der Waals surface area contributed by atoms with E-state index in [0.29, 0.717) is 0 Å². The Bertz CT molecular complexity index is 481. The molecule has 1 fully saturated rings. The Balaban J connectivity index is 1.96. The van der Waals surface area contributed by atoms with E-state index >= 15 is 0 Å². The Kier molecular flexibility index (Phi) is 4.98. The van der Waals surface area contributed by atoms with Crippen molar-refractivity contribution in [3.8, 4) is 5.75 Å². The van der Waals surface area contributed by atoms with Crippen LogP contribution in [-0.2, 0) is 16.0 Å². The van der Waals surface area contributed by atoms with Crippen LogP contribution in [0.5, 0.6) is 5.75 Å². The number of carboxylic acids is 1. The van der Waals surface area contributed by atoms with Crippen molar-refractivity contribution in [3.05, 3.63) is 29.8 Å². The highest BCUT2D eigenvalue weighted by atomic mass is 16.5. The van der Waals surface area contributed by atoms with Crippen molar-refractivity contribution >= 4 is 11.9 Å². The summed E-state index contributed by atoms with van der Waals surface area (Å²) >= 11 is 0. The Morgan fingerprint density at radius 3 is 2.65 bits per heavy atom. The van der Waals surface area contributed by atoms with E-state index in [1.807, 2.05) is 24.3 Å². The number of para-hydroxylation sites is 1. The lowest BCUT2D eigenvalue weighted by Crippen LogP contribution is -2.30. The number of nitrogens with one attached hydrogen (secondary N) is 1. The van der Waals surface area contributed by atoms with Gasteiger partial charge in [-0.2, -0.15) is 0 Å². The molecule has 1 aliphatic carbocycles. The van der Waals surface area contributed by atoms with Crippen molar-refractivity contribution in [2.45, 2.75) is 38.2 Å². The van der Waals surface area contributed by atoms with Gasteiger partial charge in [0.1, 0.15) is 12.3 Å². The summed E-state index contributed by atoms with van der Waals surface area (Å²) in [5.41, 5.74) is 0.794. The zero-order valence-electron chi connectivity index (χ0n) is 11.3. The second-order valence-electron chi connectivity index (χ2n) is 4.98. The van der Waals surface area contributed by atoms with Crippen LogP contribution in [0.15, 0.2) is 24.3 Å². The third-order valence-electron chi connectivity index (χ3n) is 3.36. The van der Waals surface area contributed by atoms with Gasteiger partial charge in [-0.3, -0.25) is 9.59 Å². The highest BCUT2D eigenvalue weighted by molar-refractivity contribution is 5.83. The first-order chi connectivity index (χ1) is 9.65. The Morgan fingerprint density at radius 2 is 1.95 bits per heavy atom. The van der Waals surface area contributed by atoms with Gasteiger partial charge in [0.25, 0.3) is 0 Å². The molecule has 0 bridgehead atoms. The number of hydrogen-bond acceptors (Lipinski definition) is 3. The number of carboxylic acid groups (broad SMARTS) is 1. The van der Waals surface area contributed by atoms with E-state index in [-0.39, 0.29) is 25.0 Å². The molecule has 5 heteroatoms. The third kappa shape index (κ3) is 4.26. The molecule has 2 rings (SSSR count). The van der Waals surface area contributed by atoms with Gasteiger partial charge in [-0.25, -0.2) is 0 Å². The van der Waals surface area contributed by atoms with Crippen LogP contribution in [0.4, 0.5) is 0 Å². The fourth-order valence-corrected chi connectivity index (χ4v) is 2.36. The lowest BCUT2D eigenvalue weighted by molar-refractivity contribution is -0.137. The zero-order chi connectivity index (χ0) is 14.4. The summed E-state index contributed by atoms with van der Waals surface area (Å²) in [4.78, 5) is 22.1. The topological polar surface area (TPSA) is 75.6 Å². The normalized spacial score (nSPS) is 15.0. The quantitative estimate of drug-likeness (QED) is 0.830. The predicted molar refractivity (Wildman–Crippen MR) is 73.7 cm³/mol. The average Bonchev–Trinajstić information content (AvgIpc) is 2.92. The molecule has 1 aromatic carbocycles. The molecule has 1 aromatic rings. The smallest absolute Gasteiger partial charge is 0.322 e. The van der Waals surface area contributed by atoms with E-state index in [1.54, 1.807) is 0 Å². The molecule has 5 nitrogen and oxygen atoms in total. The van der Waals surface area contributed by atoms with E-state index in [2.05, 4.69) is 5.32 Å². The molecule has 1 amide bonds. The number of aliphatic carboxylic acids is 1. The second kappa shape index (κ2) is 6.93. The lowest BCUT2D eigenvalue weighted by Gasteiger charge is -2.16. The van der Waals surface area contributed by atoms with E-state index in [9.17, 15) is 9.59 Å². The van der Waals surface area contributed by atoms with Crippen LogP contribution in [0.3, 0.4) is 0 Å². The van der Waals surface area contributed by atoms with Crippen molar-refractivity contribution in [1.29, 1.82) is 0 Å². The summed E-state index contributed by atoms with van der Waals surface area (Å²) in [6.45, 7) is -0.357. The number of rotatable bonds is 6. The Labute approximate surface area is 117 Å². The van der Waals surface area contributed by atoms with Crippen LogP contribution < -0.4 is 10.1 Å². The summed E-state index contributed by atoms with van der Waals surface area (Å²) in [6, 6.07) is 7.42. The van der Waals surface area contributed by atoms with Crippen molar-refractivity contribution in [3.63, 3.8) is 0 Å². The largest absolute Gasteiger partial charge is 0.490 e. The first-order valence-electron chi connectivity index (χ1n) is 6.88. The fraction of sp³-hybridized carbons (Fsp3) is 0.467. The van der Waals surface area contributed by atoms with Gasteiger partial charge in [-0.15, -0.1) is 0 Å². The van der Waals surface area contributed by atoms with Gasteiger partial charge >= 0.3 is 5.97 Å². The minimum Gasteiger partial charge on any atom is -0.490 e. The summed E-state index contributed by atoms with van der Waals surface area (Å²) < 4.78 is 5.94. The number of ether oxygens (including phenoxy) is 1. The van der Waals surface area contributed by atoms with Gasteiger partial charge in [-0.05, 0) is 31.7 Å². The highest BCUT2D eigenvalue weighted by Gasteiger charge is 2.18. The van der Waals surface area contributed by atoms with Crippen molar-refractivity contribution in [1.82, 2.24) is 5.32 Å². The summed E-state index contributed by atoms with van der Waals surface area (Å²) in [5, 5.41) is 10.9. The molecule has 2 N–H and O–H groups in total. The minimum absolute atomic E-state index is 0.135. The minimum atomic E-state index is -1.05. The summed E-state index contributed by atoms with van der Waals surface area (Å²) in [7, 11) is 0. The molecule has 0 atom stereocenters. The summed E-state index contributed by atoms with van der Waals surface area (Å²) in [6.07, 6.45) is 4.85. The van der Waals surface area contributed by atoms with Gasteiger partial charge in [0.15, 0.2) is 0 Å². The molecule has 0 aliphatic heterocycles. The number of hydrogen-bond donors (Lipinski definition) is 2. The van der Waals surface area contributed by atoms with Crippen LogP contribution in [0, 0.1) is 0 Å². The van der Waals surface area contributed by atoms with Crippen molar-refractivity contribution in [2.24, 2.45) is 0 Å². The van der Waals surface area contributed by atoms with E-state index < -0.39 is 5.97 Å². The molecule has 1 aliphatic rings. The average molecular weight is 277 g/mol. The zero-order valence-corrected chi connectivity index (χ0v) is 11.3. The van der Waals surface area contributed by atoms with Gasteiger partial charge < -0.3 is 15.2 Å². The van der Waals surface area contributed by atoms with Gasteiger partial charge in [0, 0.05) is 5.56 Å².